The lowest BCUT2D eigenvalue weighted by Gasteiger charge is -2.39. The minimum Gasteiger partial charge on any atom is -0.494 e. The molecule has 4 aromatic rings. The Hall–Kier alpha value is -3.06. The molecule has 4 rings (SSSR count). The Morgan fingerprint density at radius 3 is 1.47 bits per heavy atom. The zero-order chi connectivity index (χ0) is 30.4. The van der Waals surface area contributed by atoms with Gasteiger partial charge in [0.2, 0.25) is 0 Å². The van der Waals surface area contributed by atoms with Gasteiger partial charge >= 0.3 is 10.1 Å². The number of hydrogen-bond acceptors (Lipinski definition) is 4. The van der Waals surface area contributed by atoms with Crippen molar-refractivity contribution in [3.8, 4) is 5.75 Å². The third-order valence-corrected chi connectivity index (χ3v) is 12.8. The van der Waals surface area contributed by atoms with Crippen LogP contribution in [-0.4, -0.2) is 15.0 Å². The maximum absolute atomic E-state index is 13.8. The van der Waals surface area contributed by atoms with Crippen LogP contribution < -0.4 is 4.74 Å². The number of unbranched alkanes of at least 4 members (excludes halogenated alkanes) is 9. The SMILES string of the molecule is CCCCCCCCCCCCOc1ccc(S(OS(=O)(=O)c2ccc(C)cc2)(c2ccccc2)c2ccccc2)cc1. The van der Waals surface area contributed by atoms with Gasteiger partial charge in [-0.05, 0) is 84.3 Å². The first kappa shape index (κ1) is 32.8. The molecule has 0 N–H and O–H groups in total. The Balaban J connectivity index is 1.51. The minimum absolute atomic E-state index is 0.137. The van der Waals surface area contributed by atoms with Gasteiger partial charge in [-0.1, -0.05) is 119 Å². The third kappa shape index (κ3) is 9.21. The lowest BCUT2D eigenvalue weighted by molar-refractivity contribution is 0.304. The zero-order valence-corrected chi connectivity index (χ0v) is 27.3. The summed E-state index contributed by atoms with van der Waals surface area (Å²) >= 11 is 0. The summed E-state index contributed by atoms with van der Waals surface area (Å²) in [6.07, 6.45) is 12.8. The van der Waals surface area contributed by atoms with Crippen molar-refractivity contribution in [3.63, 3.8) is 0 Å². The molecule has 4 nitrogen and oxygen atoms in total. The van der Waals surface area contributed by atoms with Crippen molar-refractivity contribution in [1.82, 2.24) is 0 Å². The second-order valence-corrected chi connectivity index (χ2v) is 15.5. The summed E-state index contributed by atoms with van der Waals surface area (Å²) in [4.78, 5) is 2.52. The molecule has 0 atom stereocenters. The Bertz CT molecular complexity index is 1410. The average Bonchev–Trinajstić information content (AvgIpc) is 3.04. The van der Waals surface area contributed by atoms with Crippen LogP contribution in [0.3, 0.4) is 0 Å². The van der Waals surface area contributed by atoms with Crippen LogP contribution >= 0.6 is 10.3 Å². The molecule has 43 heavy (non-hydrogen) atoms. The van der Waals surface area contributed by atoms with Crippen LogP contribution in [0.2, 0.25) is 0 Å². The fourth-order valence-electron chi connectivity index (χ4n) is 5.14. The van der Waals surface area contributed by atoms with E-state index >= 15 is 0 Å². The van der Waals surface area contributed by atoms with Crippen molar-refractivity contribution >= 4 is 20.4 Å². The molecule has 230 valence electrons. The Morgan fingerprint density at radius 1 is 0.512 bits per heavy atom. The van der Waals surface area contributed by atoms with Crippen molar-refractivity contribution in [2.75, 3.05) is 6.61 Å². The summed E-state index contributed by atoms with van der Waals surface area (Å²) in [5.74, 6) is 0.774. The summed E-state index contributed by atoms with van der Waals surface area (Å²) < 4.78 is 40.2. The summed E-state index contributed by atoms with van der Waals surface area (Å²) in [5, 5.41) is 0. The van der Waals surface area contributed by atoms with Gasteiger partial charge in [0.15, 0.2) is 0 Å². The summed E-state index contributed by atoms with van der Waals surface area (Å²) in [6.45, 7) is 4.86. The van der Waals surface area contributed by atoms with Gasteiger partial charge in [-0.2, -0.15) is 8.42 Å². The molecule has 0 saturated heterocycles. The lowest BCUT2D eigenvalue weighted by Crippen LogP contribution is -2.14. The van der Waals surface area contributed by atoms with Gasteiger partial charge in [0, 0.05) is 14.7 Å². The largest absolute Gasteiger partial charge is 0.494 e. The van der Waals surface area contributed by atoms with Crippen LogP contribution in [0, 0.1) is 6.92 Å². The second kappa shape index (κ2) is 16.7. The highest BCUT2D eigenvalue weighted by Crippen LogP contribution is 2.70. The average molecular weight is 619 g/mol. The Morgan fingerprint density at radius 2 is 0.953 bits per heavy atom. The molecule has 0 radical (unpaired) electrons. The molecule has 0 heterocycles. The van der Waals surface area contributed by atoms with E-state index in [2.05, 4.69) is 6.92 Å². The molecule has 0 fully saturated rings. The first-order valence-electron chi connectivity index (χ1n) is 15.6. The van der Waals surface area contributed by atoms with Crippen molar-refractivity contribution in [1.29, 1.82) is 0 Å². The van der Waals surface area contributed by atoms with Crippen LogP contribution in [0.25, 0.3) is 0 Å². The van der Waals surface area contributed by atoms with E-state index in [4.69, 9.17) is 8.37 Å². The zero-order valence-electron chi connectivity index (χ0n) is 25.6. The normalized spacial score (nSPS) is 12.2. The smallest absolute Gasteiger partial charge is 0.307 e. The van der Waals surface area contributed by atoms with Gasteiger partial charge in [0.05, 0.1) is 11.5 Å². The molecule has 0 amide bonds. The topological polar surface area (TPSA) is 52.6 Å². The molecule has 0 aliphatic carbocycles. The summed E-state index contributed by atoms with van der Waals surface area (Å²) in [6, 6.07) is 33.9. The number of benzene rings is 4. The molecule has 4 aromatic carbocycles. The van der Waals surface area contributed by atoms with Gasteiger partial charge in [0.1, 0.15) is 5.75 Å². The number of ether oxygens (including phenoxy) is 1. The Kier molecular flexibility index (Phi) is 12.8. The molecular formula is C37H46O4S2. The third-order valence-electron chi connectivity index (χ3n) is 7.57. The van der Waals surface area contributed by atoms with E-state index in [0.717, 1.165) is 32.4 Å². The van der Waals surface area contributed by atoms with Gasteiger partial charge in [-0.15, -0.1) is 0 Å². The summed E-state index contributed by atoms with van der Waals surface area (Å²) in [5.41, 5.74) is 0.983. The molecule has 0 aromatic heterocycles. The van der Waals surface area contributed by atoms with Crippen LogP contribution in [0.1, 0.15) is 76.7 Å². The quantitative estimate of drug-likeness (QED) is 0.104. The van der Waals surface area contributed by atoms with Crippen molar-refractivity contribution < 1.29 is 16.8 Å². The van der Waals surface area contributed by atoms with Gasteiger partial charge < -0.3 is 4.74 Å². The van der Waals surface area contributed by atoms with Crippen LogP contribution in [0.4, 0.5) is 0 Å². The number of hydrogen-bond donors (Lipinski definition) is 0. The van der Waals surface area contributed by atoms with E-state index < -0.39 is 20.4 Å². The maximum atomic E-state index is 13.8. The first-order valence-corrected chi connectivity index (χ1v) is 18.6. The van der Waals surface area contributed by atoms with E-state index in [9.17, 15) is 8.42 Å². The highest BCUT2D eigenvalue weighted by Gasteiger charge is 2.38. The molecule has 0 saturated carbocycles. The fraction of sp³-hybridized carbons (Fsp3) is 0.351. The van der Waals surface area contributed by atoms with Gasteiger partial charge in [-0.25, -0.2) is 3.63 Å². The molecule has 0 bridgehead atoms. The maximum Gasteiger partial charge on any atom is 0.307 e. The van der Waals surface area contributed by atoms with Crippen LogP contribution in [-0.2, 0) is 13.7 Å². The van der Waals surface area contributed by atoms with Crippen molar-refractivity contribution in [2.24, 2.45) is 0 Å². The minimum atomic E-state index is -4.12. The molecule has 0 aliphatic rings. The molecule has 0 spiro atoms. The predicted octanol–water partition coefficient (Wildman–Crippen LogP) is 10.9. The summed E-state index contributed by atoms with van der Waals surface area (Å²) in [7, 11) is -6.77. The molecule has 6 heteroatoms. The van der Waals surface area contributed by atoms with E-state index in [1.54, 1.807) is 24.3 Å². The second-order valence-electron chi connectivity index (χ2n) is 11.0. The van der Waals surface area contributed by atoms with Gasteiger partial charge in [-0.3, -0.25) is 0 Å². The first-order chi connectivity index (χ1) is 21.0. The standard InChI is InChI=1S/C37H46O4S2/c1-3-4-5-6-7-8-9-10-11-18-31-40-33-25-29-36(30-26-33)42(34-19-14-12-15-20-34,35-21-16-13-17-22-35)41-43(38,39)37-27-23-32(2)24-28-37/h12-17,19-30H,3-11,18,31H2,1-2H3. The van der Waals surface area contributed by atoms with E-state index in [1.807, 2.05) is 91.9 Å². The highest BCUT2D eigenvalue weighted by atomic mass is 32.3. The molecule has 0 unspecified atom stereocenters. The predicted molar refractivity (Wildman–Crippen MR) is 179 cm³/mol. The van der Waals surface area contributed by atoms with Crippen molar-refractivity contribution in [2.45, 2.75) is 97.6 Å². The number of aryl methyl sites for hydroxylation is 1. The lowest BCUT2D eigenvalue weighted by atomic mass is 10.1. The number of rotatable bonds is 18. The van der Waals surface area contributed by atoms with Crippen LogP contribution in [0.5, 0.6) is 5.75 Å². The van der Waals surface area contributed by atoms with E-state index in [0.29, 0.717) is 6.61 Å². The fourth-order valence-corrected chi connectivity index (χ4v) is 10.4. The van der Waals surface area contributed by atoms with Crippen LogP contribution in [0.15, 0.2) is 129 Å². The van der Waals surface area contributed by atoms with E-state index in [1.165, 1.54) is 57.8 Å². The molecule has 0 aliphatic heterocycles. The highest BCUT2D eigenvalue weighted by molar-refractivity contribution is 8.33. The van der Waals surface area contributed by atoms with Gasteiger partial charge in [0.25, 0.3) is 0 Å². The molecular weight excluding hydrogens is 573 g/mol. The van der Waals surface area contributed by atoms with Crippen molar-refractivity contribution in [3.05, 3.63) is 115 Å². The van der Waals surface area contributed by atoms with E-state index in [-0.39, 0.29) is 4.90 Å². The Labute approximate surface area is 261 Å². The monoisotopic (exact) mass is 618 g/mol.